The molecule has 0 radical (unpaired) electrons. The van der Waals surface area contributed by atoms with E-state index < -0.39 is 0 Å². The second-order valence-corrected chi connectivity index (χ2v) is 4.73. The van der Waals surface area contributed by atoms with Crippen LogP contribution in [-0.4, -0.2) is 52.0 Å². The van der Waals surface area contributed by atoms with Crippen molar-refractivity contribution in [2.75, 3.05) is 52.4 Å². The summed E-state index contributed by atoms with van der Waals surface area (Å²) >= 11 is 0. The zero-order valence-corrected chi connectivity index (χ0v) is 12.0. The number of nitrogens with one attached hydrogen (secondary N) is 2. The minimum absolute atomic E-state index is 0.824. The highest BCUT2D eigenvalue weighted by Crippen LogP contribution is 2.32. The number of hydrogen-bond donors (Lipinski definition) is 2. The van der Waals surface area contributed by atoms with Crippen LogP contribution < -0.4 is 20.1 Å². The van der Waals surface area contributed by atoms with Crippen LogP contribution in [-0.2, 0) is 0 Å². The number of anilines is 1. The van der Waals surface area contributed by atoms with E-state index in [0.717, 1.165) is 55.6 Å². The van der Waals surface area contributed by atoms with E-state index in [1.165, 1.54) is 0 Å². The third-order valence-electron chi connectivity index (χ3n) is 3.42. The van der Waals surface area contributed by atoms with Crippen molar-refractivity contribution in [1.82, 2.24) is 10.2 Å². The maximum absolute atomic E-state index is 5.42. The van der Waals surface area contributed by atoms with Crippen molar-refractivity contribution in [2.45, 2.75) is 6.92 Å². The molecule has 1 aromatic carbocycles. The van der Waals surface area contributed by atoms with E-state index in [4.69, 9.17) is 9.47 Å². The van der Waals surface area contributed by atoms with Gasteiger partial charge in [-0.25, -0.2) is 0 Å². The number of methoxy groups -OCH3 is 2. The van der Waals surface area contributed by atoms with Gasteiger partial charge < -0.3 is 20.1 Å². The lowest BCUT2D eigenvalue weighted by Gasteiger charge is -2.28. The van der Waals surface area contributed by atoms with Crippen molar-refractivity contribution in [3.63, 3.8) is 0 Å². The molecule has 0 spiro atoms. The summed E-state index contributed by atoms with van der Waals surface area (Å²) in [5, 5.41) is 6.78. The van der Waals surface area contributed by atoms with Gasteiger partial charge in [-0.3, -0.25) is 4.90 Å². The predicted molar refractivity (Wildman–Crippen MR) is 77.2 cm³/mol. The average molecular weight is 265 g/mol. The van der Waals surface area contributed by atoms with Crippen LogP contribution in [0.2, 0.25) is 0 Å². The standard InChI is InChI=1S/C14H23N3O2/c1-11-8-14(19-3)12(9-13(11)18-2)16-10-17-6-4-15-5-7-17/h8-9,15-16H,4-7,10H2,1-3H3. The molecule has 1 aromatic rings. The summed E-state index contributed by atoms with van der Waals surface area (Å²) in [5.74, 6) is 1.73. The molecular weight excluding hydrogens is 242 g/mol. The van der Waals surface area contributed by atoms with Crippen molar-refractivity contribution < 1.29 is 9.47 Å². The number of nitrogens with zero attached hydrogens (tertiary/aromatic N) is 1. The van der Waals surface area contributed by atoms with Gasteiger partial charge in [0.15, 0.2) is 0 Å². The van der Waals surface area contributed by atoms with Crippen LogP contribution in [0.15, 0.2) is 12.1 Å². The van der Waals surface area contributed by atoms with Gasteiger partial charge >= 0.3 is 0 Å². The number of rotatable bonds is 5. The first kappa shape index (κ1) is 14.0. The number of aryl methyl sites for hydroxylation is 1. The molecule has 0 saturated carbocycles. The lowest BCUT2D eigenvalue weighted by atomic mass is 10.2. The largest absolute Gasteiger partial charge is 0.496 e. The molecule has 1 fully saturated rings. The van der Waals surface area contributed by atoms with Crippen LogP contribution >= 0.6 is 0 Å². The molecule has 2 rings (SSSR count). The summed E-state index contributed by atoms with van der Waals surface area (Å²) in [7, 11) is 3.38. The number of ether oxygens (including phenoxy) is 2. The van der Waals surface area contributed by atoms with Gasteiger partial charge in [-0.2, -0.15) is 0 Å². The Morgan fingerprint density at radius 2 is 1.84 bits per heavy atom. The normalized spacial score (nSPS) is 16.2. The lowest BCUT2D eigenvalue weighted by molar-refractivity contribution is 0.256. The molecule has 1 aliphatic heterocycles. The van der Waals surface area contributed by atoms with Gasteiger partial charge in [-0.15, -0.1) is 0 Å². The zero-order valence-electron chi connectivity index (χ0n) is 12.0. The van der Waals surface area contributed by atoms with Crippen LogP contribution in [0.1, 0.15) is 5.56 Å². The van der Waals surface area contributed by atoms with Gasteiger partial charge in [0, 0.05) is 32.2 Å². The van der Waals surface area contributed by atoms with Crippen LogP contribution in [0.5, 0.6) is 11.5 Å². The quantitative estimate of drug-likeness (QED) is 0.840. The van der Waals surface area contributed by atoms with Crippen LogP contribution in [0.3, 0.4) is 0 Å². The summed E-state index contributed by atoms with van der Waals surface area (Å²) in [5.41, 5.74) is 2.05. The smallest absolute Gasteiger partial charge is 0.142 e. The third-order valence-corrected chi connectivity index (χ3v) is 3.42. The minimum Gasteiger partial charge on any atom is -0.496 e. The Morgan fingerprint density at radius 1 is 1.16 bits per heavy atom. The number of hydrogen-bond acceptors (Lipinski definition) is 5. The number of piperazine rings is 1. The first-order valence-corrected chi connectivity index (χ1v) is 6.64. The molecule has 5 nitrogen and oxygen atoms in total. The van der Waals surface area contributed by atoms with Crippen molar-refractivity contribution in [2.24, 2.45) is 0 Å². The van der Waals surface area contributed by atoms with Gasteiger partial charge in [0.1, 0.15) is 11.5 Å². The van der Waals surface area contributed by atoms with E-state index in [0.29, 0.717) is 0 Å². The summed E-state index contributed by atoms with van der Waals surface area (Å²) < 4.78 is 10.8. The number of benzene rings is 1. The minimum atomic E-state index is 0.824. The molecule has 1 heterocycles. The van der Waals surface area contributed by atoms with Crippen LogP contribution in [0.25, 0.3) is 0 Å². The lowest BCUT2D eigenvalue weighted by Crippen LogP contribution is -2.45. The fourth-order valence-electron chi connectivity index (χ4n) is 2.25. The van der Waals surface area contributed by atoms with Crippen molar-refractivity contribution in [3.05, 3.63) is 17.7 Å². The molecule has 2 N–H and O–H groups in total. The maximum atomic E-state index is 5.42. The van der Waals surface area contributed by atoms with E-state index in [2.05, 4.69) is 15.5 Å². The Bertz CT molecular complexity index is 417. The molecule has 0 atom stereocenters. The average Bonchev–Trinajstić information content (AvgIpc) is 2.46. The van der Waals surface area contributed by atoms with Crippen molar-refractivity contribution >= 4 is 5.69 Å². The Hall–Kier alpha value is -1.46. The molecule has 0 bridgehead atoms. The maximum Gasteiger partial charge on any atom is 0.142 e. The molecule has 1 aliphatic rings. The van der Waals surface area contributed by atoms with Crippen LogP contribution in [0.4, 0.5) is 5.69 Å². The summed E-state index contributed by atoms with van der Waals surface area (Å²) in [6.07, 6.45) is 0. The third kappa shape index (κ3) is 3.52. The van der Waals surface area contributed by atoms with E-state index in [1.807, 2.05) is 19.1 Å². The molecule has 0 unspecified atom stereocenters. The first-order valence-electron chi connectivity index (χ1n) is 6.64. The molecule has 0 aromatic heterocycles. The summed E-state index contributed by atoms with van der Waals surface area (Å²) in [6.45, 7) is 7.08. The summed E-state index contributed by atoms with van der Waals surface area (Å²) in [6, 6.07) is 4.00. The SMILES string of the molecule is COc1cc(NCN2CCNCC2)c(OC)cc1C. The molecule has 19 heavy (non-hydrogen) atoms. The van der Waals surface area contributed by atoms with Gasteiger partial charge in [-0.1, -0.05) is 0 Å². The molecule has 1 saturated heterocycles. The van der Waals surface area contributed by atoms with Crippen molar-refractivity contribution in [3.8, 4) is 11.5 Å². The highest BCUT2D eigenvalue weighted by Gasteiger charge is 2.12. The summed E-state index contributed by atoms with van der Waals surface area (Å²) in [4.78, 5) is 2.38. The Kier molecular flexibility index (Phi) is 4.87. The van der Waals surface area contributed by atoms with E-state index in [-0.39, 0.29) is 0 Å². The molecule has 106 valence electrons. The zero-order chi connectivity index (χ0) is 13.7. The van der Waals surface area contributed by atoms with Gasteiger partial charge in [0.25, 0.3) is 0 Å². The fraction of sp³-hybridized carbons (Fsp3) is 0.571. The highest BCUT2D eigenvalue weighted by atomic mass is 16.5. The Labute approximate surface area is 114 Å². The van der Waals surface area contributed by atoms with Crippen molar-refractivity contribution in [1.29, 1.82) is 0 Å². The molecule has 5 heteroatoms. The molecule has 0 amide bonds. The first-order chi connectivity index (χ1) is 9.24. The Morgan fingerprint density at radius 3 is 2.47 bits per heavy atom. The van der Waals surface area contributed by atoms with Crippen LogP contribution in [0, 0.1) is 6.92 Å². The van der Waals surface area contributed by atoms with Gasteiger partial charge in [0.05, 0.1) is 26.6 Å². The Balaban J connectivity index is 2.05. The second-order valence-electron chi connectivity index (χ2n) is 4.73. The second kappa shape index (κ2) is 6.63. The monoisotopic (exact) mass is 265 g/mol. The van der Waals surface area contributed by atoms with E-state index in [9.17, 15) is 0 Å². The van der Waals surface area contributed by atoms with E-state index in [1.54, 1.807) is 14.2 Å². The molecular formula is C14H23N3O2. The van der Waals surface area contributed by atoms with Gasteiger partial charge in [-0.05, 0) is 18.6 Å². The van der Waals surface area contributed by atoms with E-state index >= 15 is 0 Å². The highest BCUT2D eigenvalue weighted by molar-refractivity contribution is 5.62. The van der Waals surface area contributed by atoms with Gasteiger partial charge in [0.2, 0.25) is 0 Å². The topological polar surface area (TPSA) is 45.8 Å². The predicted octanol–water partition coefficient (Wildman–Crippen LogP) is 1.29. The molecule has 0 aliphatic carbocycles. The fourth-order valence-corrected chi connectivity index (χ4v) is 2.25.